The number of hydrogen-bond acceptors (Lipinski definition) is 3. The number of benzene rings is 5. The van der Waals surface area contributed by atoms with Crippen molar-refractivity contribution in [2.45, 2.75) is 0 Å². The number of para-hydroxylation sites is 4. The molecule has 0 amide bonds. The average Bonchev–Trinajstić information content (AvgIpc) is 3.64. The highest BCUT2D eigenvalue weighted by molar-refractivity contribution is 7.26. The first-order valence-electron chi connectivity index (χ1n) is 13.0. The Bertz CT molecular complexity index is 2340. The lowest BCUT2D eigenvalue weighted by Crippen LogP contribution is -1.98. The van der Waals surface area contributed by atoms with E-state index < -0.39 is 0 Å². The van der Waals surface area contributed by atoms with Crippen molar-refractivity contribution in [2.75, 3.05) is 0 Å². The van der Waals surface area contributed by atoms with Gasteiger partial charge in [-0.15, -0.1) is 11.3 Å². The van der Waals surface area contributed by atoms with Crippen molar-refractivity contribution < 1.29 is 0 Å². The second kappa shape index (κ2) is 7.76. The fourth-order valence-corrected chi connectivity index (χ4v) is 7.34. The predicted octanol–water partition coefficient (Wildman–Crippen LogP) is 9.04. The number of fused-ring (bicyclic) bond motifs is 9. The van der Waals surface area contributed by atoms with Crippen LogP contribution in [0, 0.1) is 0 Å². The van der Waals surface area contributed by atoms with Crippen LogP contribution >= 0.6 is 11.3 Å². The molecule has 39 heavy (non-hydrogen) atoms. The zero-order chi connectivity index (χ0) is 25.5. The van der Waals surface area contributed by atoms with Crippen LogP contribution in [0.15, 0.2) is 122 Å². The van der Waals surface area contributed by atoms with E-state index in [9.17, 15) is 0 Å². The molecule has 5 aromatic carbocycles. The molecule has 0 N–H and O–H groups in total. The summed E-state index contributed by atoms with van der Waals surface area (Å²) >= 11 is 1.77. The molecule has 4 nitrogen and oxygen atoms in total. The summed E-state index contributed by atoms with van der Waals surface area (Å²) in [4.78, 5) is 9.71. The van der Waals surface area contributed by atoms with E-state index >= 15 is 0 Å². The summed E-state index contributed by atoms with van der Waals surface area (Å²) in [6, 6.07) is 41.1. The number of aromatic nitrogens is 4. The van der Waals surface area contributed by atoms with E-state index in [0.29, 0.717) is 0 Å². The van der Waals surface area contributed by atoms with Crippen molar-refractivity contribution in [1.29, 1.82) is 0 Å². The van der Waals surface area contributed by atoms with Gasteiger partial charge in [-0.2, -0.15) is 0 Å². The van der Waals surface area contributed by atoms with E-state index in [0.717, 1.165) is 32.8 Å². The number of nitrogens with zero attached hydrogens (tertiary/aromatic N) is 4. The lowest BCUT2D eigenvalue weighted by molar-refractivity contribution is 1.08. The van der Waals surface area contributed by atoms with Crippen LogP contribution in [-0.4, -0.2) is 19.1 Å². The molecule has 5 heteroatoms. The summed E-state index contributed by atoms with van der Waals surface area (Å²) in [7, 11) is 0. The molecule has 0 atom stereocenters. The Balaban J connectivity index is 1.41. The molecular formula is C34H20N4S. The van der Waals surface area contributed by atoms with E-state index in [1.54, 1.807) is 17.7 Å². The minimum atomic E-state index is 0.930. The Labute approximate surface area is 227 Å². The van der Waals surface area contributed by atoms with Crippen LogP contribution in [-0.2, 0) is 0 Å². The van der Waals surface area contributed by atoms with Gasteiger partial charge in [-0.25, -0.2) is 9.97 Å². The second-order valence-corrected chi connectivity index (χ2v) is 11.0. The summed E-state index contributed by atoms with van der Waals surface area (Å²) in [6.07, 6.45) is 1.71. The molecule has 182 valence electrons. The first-order valence-corrected chi connectivity index (χ1v) is 13.8. The lowest BCUT2D eigenvalue weighted by atomic mass is 10.1. The van der Waals surface area contributed by atoms with Gasteiger partial charge < -0.3 is 4.57 Å². The smallest absolute Gasteiger partial charge is 0.159 e. The van der Waals surface area contributed by atoms with Gasteiger partial charge in [0.1, 0.15) is 6.33 Å². The molecule has 4 aromatic heterocycles. The Morgan fingerprint density at radius 3 is 1.77 bits per heavy atom. The molecule has 0 unspecified atom stereocenters. The molecule has 0 spiro atoms. The van der Waals surface area contributed by atoms with Crippen LogP contribution in [0.25, 0.3) is 75.4 Å². The Morgan fingerprint density at radius 1 is 0.487 bits per heavy atom. The molecule has 9 aromatic rings. The van der Waals surface area contributed by atoms with Crippen molar-refractivity contribution in [1.82, 2.24) is 19.1 Å². The normalized spacial score (nSPS) is 12.1. The van der Waals surface area contributed by atoms with Gasteiger partial charge in [0, 0.05) is 37.3 Å². The average molecular weight is 517 g/mol. The minimum absolute atomic E-state index is 0.930. The molecule has 0 saturated carbocycles. The first-order chi connectivity index (χ1) is 19.4. The fourth-order valence-electron chi connectivity index (χ4n) is 6.19. The van der Waals surface area contributed by atoms with E-state index in [4.69, 9.17) is 9.97 Å². The van der Waals surface area contributed by atoms with Crippen molar-refractivity contribution in [3.63, 3.8) is 0 Å². The molecule has 4 heterocycles. The molecule has 0 bridgehead atoms. The van der Waals surface area contributed by atoms with E-state index in [1.165, 1.54) is 42.7 Å². The first kappa shape index (κ1) is 21.0. The van der Waals surface area contributed by atoms with Crippen molar-refractivity contribution in [3.05, 3.63) is 122 Å². The van der Waals surface area contributed by atoms with Crippen molar-refractivity contribution >= 4 is 75.3 Å². The number of rotatable bonds is 2. The molecule has 0 fully saturated rings. The summed E-state index contributed by atoms with van der Waals surface area (Å²) in [6.45, 7) is 0. The molecule has 0 radical (unpaired) electrons. The van der Waals surface area contributed by atoms with Crippen LogP contribution in [0.3, 0.4) is 0 Å². The highest BCUT2D eigenvalue weighted by Gasteiger charge is 2.20. The summed E-state index contributed by atoms with van der Waals surface area (Å²) < 4.78 is 6.97. The Hall–Kier alpha value is -5.00. The largest absolute Gasteiger partial charge is 0.309 e. The molecule has 9 rings (SSSR count). The van der Waals surface area contributed by atoms with E-state index in [1.807, 2.05) is 0 Å². The summed E-state index contributed by atoms with van der Waals surface area (Å²) in [5.74, 6) is 0.930. The third-order valence-electron chi connectivity index (χ3n) is 7.83. The predicted molar refractivity (Wildman–Crippen MR) is 164 cm³/mol. The van der Waals surface area contributed by atoms with Crippen LogP contribution in [0.1, 0.15) is 0 Å². The van der Waals surface area contributed by atoms with E-state index in [-0.39, 0.29) is 0 Å². The van der Waals surface area contributed by atoms with Crippen LogP contribution in [0.4, 0.5) is 0 Å². The third-order valence-corrected chi connectivity index (χ3v) is 8.97. The van der Waals surface area contributed by atoms with Gasteiger partial charge in [-0.1, -0.05) is 72.8 Å². The van der Waals surface area contributed by atoms with E-state index in [2.05, 4.69) is 124 Å². The van der Waals surface area contributed by atoms with Gasteiger partial charge in [0.05, 0.1) is 32.3 Å². The zero-order valence-electron chi connectivity index (χ0n) is 20.7. The van der Waals surface area contributed by atoms with Gasteiger partial charge >= 0.3 is 0 Å². The minimum Gasteiger partial charge on any atom is -0.309 e. The van der Waals surface area contributed by atoms with Gasteiger partial charge in [-0.05, 0) is 42.5 Å². The molecule has 0 aliphatic rings. The zero-order valence-corrected chi connectivity index (χ0v) is 21.6. The van der Waals surface area contributed by atoms with Crippen LogP contribution < -0.4 is 0 Å². The lowest BCUT2D eigenvalue weighted by Gasteiger charge is -2.07. The van der Waals surface area contributed by atoms with Crippen molar-refractivity contribution in [2.24, 2.45) is 0 Å². The highest BCUT2D eigenvalue weighted by Crippen LogP contribution is 2.42. The number of hydrogen-bond donors (Lipinski definition) is 0. The second-order valence-electron chi connectivity index (χ2n) is 9.90. The molecule has 0 aliphatic heterocycles. The highest BCUT2D eigenvalue weighted by atomic mass is 32.1. The quantitative estimate of drug-likeness (QED) is 0.230. The topological polar surface area (TPSA) is 35.6 Å². The van der Waals surface area contributed by atoms with Crippen molar-refractivity contribution in [3.8, 4) is 11.5 Å². The monoisotopic (exact) mass is 516 g/mol. The van der Waals surface area contributed by atoms with Gasteiger partial charge in [0.25, 0.3) is 0 Å². The van der Waals surface area contributed by atoms with Gasteiger partial charge in [0.15, 0.2) is 5.82 Å². The number of thiophene rings is 1. The third kappa shape index (κ3) is 2.82. The Kier molecular flexibility index (Phi) is 4.18. The van der Waals surface area contributed by atoms with Crippen LogP contribution in [0.2, 0.25) is 0 Å². The fraction of sp³-hybridized carbons (Fsp3) is 0. The van der Waals surface area contributed by atoms with Crippen LogP contribution in [0.5, 0.6) is 0 Å². The summed E-state index contributed by atoms with van der Waals surface area (Å²) in [5, 5.41) is 6.11. The maximum atomic E-state index is 4.87. The molecular weight excluding hydrogens is 496 g/mol. The molecule has 0 aliphatic carbocycles. The maximum Gasteiger partial charge on any atom is 0.159 e. The standard InChI is InChI=1S/C34H20N4S/c1-2-10-21(11-3-1)37-27-15-7-6-14-24(27)25-18-26-31(19-30(25)37)39-33-32(26)35-20-36-34(33)38-28-16-8-4-12-22(28)23-13-5-9-17-29(23)38/h1-20H. The molecule has 0 saturated heterocycles. The maximum absolute atomic E-state index is 4.87. The summed E-state index contributed by atoms with van der Waals surface area (Å²) in [5.41, 5.74) is 6.88. The van der Waals surface area contributed by atoms with Gasteiger partial charge in [0.2, 0.25) is 0 Å². The van der Waals surface area contributed by atoms with Gasteiger partial charge in [-0.3, -0.25) is 4.57 Å². The Morgan fingerprint density at radius 2 is 1.08 bits per heavy atom. The SMILES string of the molecule is c1ccc(-n2c3ccccc3c3cc4c(cc32)sc2c(-n3c5ccccc5c5ccccc53)ncnc24)cc1.